The van der Waals surface area contributed by atoms with Crippen LogP contribution in [0.1, 0.15) is 12.0 Å². The highest BCUT2D eigenvalue weighted by atomic mass is 79.9. The van der Waals surface area contributed by atoms with Gasteiger partial charge in [-0.2, -0.15) is 0 Å². The van der Waals surface area contributed by atoms with Crippen LogP contribution < -0.4 is 14.2 Å². The van der Waals surface area contributed by atoms with Gasteiger partial charge in [0.1, 0.15) is 16.1 Å². The van der Waals surface area contributed by atoms with Crippen molar-refractivity contribution in [2.45, 2.75) is 12.8 Å². The van der Waals surface area contributed by atoms with Crippen molar-refractivity contribution < 1.29 is 19.0 Å². The van der Waals surface area contributed by atoms with Gasteiger partial charge in [-0.15, -0.1) is 0 Å². The molecular formula is C16H16BrNO4. The van der Waals surface area contributed by atoms with E-state index in [1.165, 1.54) is 0 Å². The van der Waals surface area contributed by atoms with E-state index < -0.39 is 0 Å². The summed E-state index contributed by atoms with van der Waals surface area (Å²) in [5, 5.41) is 0. The number of methoxy groups -OCH3 is 2. The van der Waals surface area contributed by atoms with E-state index in [9.17, 15) is 4.79 Å². The Labute approximate surface area is 137 Å². The van der Waals surface area contributed by atoms with Gasteiger partial charge in [0.25, 0.3) is 0 Å². The van der Waals surface area contributed by atoms with Gasteiger partial charge in [0, 0.05) is 18.7 Å². The highest BCUT2D eigenvalue weighted by Crippen LogP contribution is 2.24. The molecule has 6 heteroatoms. The Morgan fingerprint density at radius 2 is 1.86 bits per heavy atom. The molecule has 22 heavy (non-hydrogen) atoms. The molecule has 0 aliphatic carbocycles. The van der Waals surface area contributed by atoms with Gasteiger partial charge in [0.05, 0.1) is 14.2 Å². The second-order valence-corrected chi connectivity index (χ2v) is 5.24. The molecule has 0 bridgehead atoms. The zero-order valence-electron chi connectivity index (χ0n) is 12.3. The van der Waals surface area contributed by atoms with E-state index in [4.69, 9.17) is 14.2 Å². The lowest BCUT2D eigenvalue weighted by molar-refractivity contribution is -0.134. The van der Waals surface area contributed by atoms with Crippen molar-refractivity contribution in [1.29, 1.82) is 0 Å². The van der Waals surface area contributed by atoms with E-state index in [1.807, 2.05) is 12.1 Å². The van der Waals surface area contributed by atoms with Crippen LogP contribution >= 0.6 is 15.9 Å². The number of esters is 1. The summed E-state index contributed by atoms with van der Waals surface area (Å²) in [4.78, 5) is 15.9. The maximum atomic E-state index is 11.9. The number of hydrogen-bond donors (Lipinski definition) is 0. The quantitative estimate of drug-likeness (QED) is 0.579. The topological polar surface area (TPSA) is 57.7 Å². The molecule has 1 heterocycles. The Bertz CT molecular complexity index is 638. The van der Waals surface area contributed by atoms with Crippen molar-refractivity contribution >= 4 is 21.9 Å². The second kappa shape index (κ2) is 7.79. The minimum absolute atomic E-state index is 0.248. The summed E-state index contributed by atoms with van der Waals surface area (Å²) in [6.07, 6.45) is 2.39. The number of aromatic nitrogens is 1. The smallest absolute Gasteiger partial charge is 0.311 e. The third-order valence-corrected chi connectivity index (χ3v) is 3.57. The molecule has 1 aromatic heterocycles. The number of pyridine rings is 1. The minimum Gasteiger partial charge on any atom is -0.497 e. The van der Waals surface area contributed by atoms with Gasteiger partial charge in [-0.25, -0.2) is 4.98 Å². The van der Waals surface area contributed by atoms with Crippen LogP contribution in [-0.2, 0) is 11.2 Å². The number of rotatable bonds is 6. The maximum absolute atomic E-state index is 11.9. The zero-order valence-corrected chi connectivity index (χ0v) is 13.9. The first-order chi connectivity index (χ1) is 10.6. The molecule has 2 rings (SSSR count). The molecule has 0 spiro atoms. The highest BCUT2D eigenvalue weighted by molar-refractivity contribution is 9.10. The number of carbonyl (C=O) groups excluding carboxylic acids is 1. The van der Waals surface area contributed by atoms with Crippen molar-refractivity contribution in [3.8, 4) is 17.2 Å². The number of hydrogen-bond acceptors (Lipinski definition) is 5. The van der Waals surface area contributed by atoms with Crippen LogP contribution in [0.15, 0.2) is 41.1 Å². The SMILES string of the molecule is COc1cc(CCC(=O)Oc2cccnc2Br)cc(OC)c1. The summed E-state index contributed by atoms with van der Waals surface area (Å²) >= 11 is 3.24. The summed E-state index contributed by atoms with van der Waals surface area (Å²) in [7, 11) is 3.18. The van der Waals surface area contributed by atoms with E-state index in [1.54, 1.807) is 38.6 Å². The molecule has 5 nitrogen and oxygen atoms in total. The molecule has 0 radical (unpaired) electrons. The Kier molecular flexibility index (Phi) is 5.77. The predicted molar refractivity (Wildman–Crippen MR) is 85.4 cm³/mol. The molecule has 0 unspecified atom stereocenters. The molecular weight excluding hydrogens is 350 g/mol. The van der Waals surface area contributed by atoms with Gasteiger partial charge >= 0.3 is 5.97 Å². The lowest BCUT2D eigenvalue weighted by atomic mass is 10.1. The second-order valence-electron chi connectivity index (χ2n) is 4.49. The van der Waals surface area contributed by atoms with Crippen LogP contribution in [0.3, 0.4) is 0 Å². The van der Waals surface area contributed by atoms with Crippen molar-refractivity contribution in [2.75, 3.05) is 14.2 Å². The van der Waals surface area contributed by atoms with Crippen LogP contribution in [0.4, 0.5) is 0 Å². The van der Waals surface area contributed by atoms with Gasteiger partial charge in [0.2, 0.25) is 0 Å². The lowest BCUT2D eigenvalue weighted by Gasteiger charge is -2.09. The molecule has 0 saturated carbocycles. The number of benzene rings is 1. The third-order valence-electron chi connectivity index (χ3n) is 2.98. The van der Waals surface area contributed by atoms with Gasteiger partial charge in [-0.1, -0.05) is 0 Å². The average molecular weight is 366 g/mol. The fraction of sp³-hybridized carbons (Fsp3) is 0.250. The summed E-state index contributed by atoms with van der Waals surface area (Å²) in [6, 6.07) is 8.92. The zero-order chi connectivity index (χ0) is 15.9. The lowest BCUT2D eigenvalue weighted by Crippen LogP contribution is -2.09. The monoisotopic (exact) mass is 365 g/mol. The molecule has 2 aromatic rings. The number of aryl methyl sites for hydroxylation is 1. The average Bonchev–Trinajstić information content (AvgIpc) is 2.54. The summed E-state index contributed by atoms with van der Waals surface area (Å²) < 4.78 is 16.2. The molecule has 0 atom stereocenters. The van der Waals surface area contributed by atoms with Crippen molar-refractivity contribution in [2.24, 2.45) is 0 Å². The fourth-order valence-corrected chi connectivity index (χ4v) is 2.21. The van der Waals surface area contributed by atoms with Gasteiger partial charge < -0.3 is 14.2 Å². The third kappa shape index (κ3) is 4.46. The number of nitrogens with zero attached hydrogens (tertiary/aromatic N) is 1. The largest absolute Gasteiger partial charge is 0.497 e. The van der Waals surface area contributed by atoms with E-state index in [0.717, 1.165) is 5.56 Å². The Morgan fingerprint density at radius 3 is 2.45 bits per heavy atom. The summed E-state index contributed by atoms with van der Waals surface area (Å²) in [5.41, 5.74) is 0.943. The van der Waals surface area contributed by atoms with E-state index >= 15 is 0 Å². The summed E-state index contributed by atoms with van der Waals surface area (Å²) in [6.45, 7) is 0. The van der Waals surface area contributed by atoms with Crippen LogP contribution in [-0.4, -0.2) is 25.2 Å². The van der Waals surface area contributed by atoms with E-state index in [2.05, 4.69) is 20.9 Å². The van der Waals surface area contributed by atoms with E-state index in [0.29, 0.717) is 28.3 Å². The van der Waals surface area contributed by atoms with Crippen LogP contribution in [0, 0.1) is 0 Å². The molecule has 0 aliphatic heterocycles. The normalized spacial score (nSPS) is 10.1. The standard InChI is InChI=1S/C16H16BrNO4/c1-20-12-8-11(9-13(10-12)21-2)5-6-15(19)22-14-4-3-7-18-16(14)17/h3-4,7-10H,5-6H2,1-2H3. The minimum atomic E-state index is -0.324. The fourth-order valence-electron chi connectivity index (χ4n) is 1.88. The van der Waals surface area contributed by atoms with Gasteiger partial charge in [-0.05, 0) is 52.2 Å². The predicted octanol–water partition coefficient (Wildman–Crippen LogP) is 3.40. The molecule has 0 N–H and O–H groups in total. The van der Waals surface area contributed by atoms with Crippen molar-refractivity contribution in [3.05, 3.63) is 46.7 Å². The molecule has 0 fully saturated rings. The Balaban J connectivity index is 1.98. The number of ether oxygens (including phenoxy) is 3. The maximum Gasteiger partial charge on any atom is 0.311 e. The first-order valence-corrected chi connectivity index (χ1v) is 7.45. The van der Waals surface area contributed by atoms with Crippen LogP contribution in [0.2, 0.25) is 0 Å². The first kappa shape index (κ1) is 16.3. The molecule has 0 amide bonds. The number of carbonyl (C=O) groups is 1. The van der Waals surface area contributed by atoms with Gasteiger partial charge in [-0.3, -0.25) is 4.79 Å². The molecule has 0 saturated heterocycles. The van der Waals surface area contributed by atoms with Gasteiger partial charge in [0.15, 0.2) is 5.75 Å². The van der Waals surface area contributed by atoms with Crippen molar-refractivity contribution in [1.82, 2.24) is 4.98 Å². The van der Waals surface area contributed by atoms with Crippen LogP contribution in [0.5, 0.6) is 17.2 Å². The molecule has 1 aromatic carbocycles. The number of halogens is 1. The van der Waals surface area contributed by atoms with Crippen molar-refractivity contribution in [3.63, 3.8) is 0 Å². The van der Waals surface area contributed by atoms with Crippen LogP contribution in [0.25, 0.3) is 0 Å². The molecule has 0 aliphatic rings. The Hall–Kier alpha value is -2.08. The highest BCUT2D eigenvalue weighted by Gasteiger charge is 2.10. The van der Waals surface area contributed by atoms with E-state index in [-0.39, 0.29) is 12.4 Å². The molecule has 116 valence electrons. The summed E-state index contributed by atoms with van der Waals surface area (Å²) in [5.74, 6) is 1.47. The first-order valence-electron chi connectivity index (χ1n) is 6.65. The Morgan fingerprint density at radius 1 is 1.18 bits per heavy atom.